The Balaban J connectivity index is 2.51. The van der Waals surface area contributed by atoms with E-state index in [1.54, 1.807) is 6.92 Å². The fraction of sp³-hybridized carbons (Fsp3) is 0.462. The first-order chi connectivity index (χ1) is 6.58. The summed E-state index contributed by atoms with van der Waals surface area (Å²) < 4.78 is 0. The number of benzene rings is 1. The summed E-state index contributed by atoms with van der Waals surface area (Å²) in [5.74, 6) is 0.736. The van der Waals surface area contributed by atoms with Crippen molar-refractivity contribution in [2.75, 3.05) is 0 Å². The molecule has 0 aromatic heterocycles. The van der Waals surface area contributed by atoms with E-state index >= 15 is 0 Å². The van der Waals surface area contributed by atoms with Crippen molar-refractivity contribution in [2.45, 2.75) is 33.6 Å². The van der Waals surface area contributed by atoms with Gasteiger partial charge in [0.25, 0.3) is 0 Å². The van der Waals surface area contributed by atoms with Gasteiger partial charge in [-0.15, -0.1) is 0 Å². The maximum absolute atomic E-state index is 10.9. The number of carbonyl (C=O) groups is 1. The SMILES string of the molecule is CC(=O)CC(C)Cc1ccc(C)cc1. The van der Waals surface area contributed by atoms with Crippen LogP contribution in [0.5, 0.6) is 0 Å². The zero-order valence-electron chi connectivity index (χ0n) is 9.21. The van der Waals surface area contributed by atoms with Crippen molar-refractivity contribution < 1.29 is 4.79 Å². The van der Waals surface area contributed by atoms with Gasteiger partial charge in [-0.2, -0.15) is 0 Å². The van der Waals surface area contributed by atoms with Crippen LogP contribution in [0.1, 0.15) is 31.4 Å². The second kappa shape index (κ2) is 4.94. The molecular weight excluding hydrogens is 172 g/mol. The van der Waals surface area contributed by atoms with Gasteiger partial charge in [0, 0.05) is 6.42 Å². The summed E-state index contributed by atoms with van der Waals surface area (Å²) in [6.07, 6.45) is 1.69. The largest absolute Gasteiger partial charge is 0.300 e. The first-order valence-electron chi connectivity index (χ1n) is 5.13. The van der Waals surface area contributed by atoms with Gasteiger partial charge in [-0.25, -0.2) is 0 Å². The van der Waals surface area contributed by atoms with Crippen LogP contribution in [0.4, 0.5) is 0 Å². The molecule has 0 aliphatic rings. The fourth-order valence-electron chi connectivity index (χ4n) is 1.69. The van der Waals surface area contributed by atoms with Gasteiger partial charge in [0.05, 0.1) is 0 Å². The van der Waals surface area contributed by atoms with Crippen molar-refractivity contribution in [1.29, 1.82) is 0 Å². The number of hydrogen-bond donors (Lipinski definition) is 0. The molecule has 76 valence electrons. The van der Waals surface area contributed by atoms with Gasteiger partial charge in [-0.05, 0) is 31.7 Å². The lowest BCUT2D eigenvalue weighted by atomic mass is 9.96. The van der Waals surface area contributed by atoms with Crippen molar-refractivity contribution in [3.63, 3.8) is 0 Å². The molecule has 1 aromatic carbocycles. The van der Waals surface area contributed by atoms with Gasteiger partial charge in [0.1, 0.15) is 5.78 Å². The average Bonchev–Trinajstić information content (AvgIpc) is 2.07. The predicted octanol–water partition coefficient (Wildman–Crippen LogP) is 3.15. The Morgan fingerprint density at radius 2 is 1.86 bits per heavy atom. The molecule has 14 heavy (non-hydrogen) atoms. The summed E-state index contributed by atoms with van der Waals surface area (Å²) >= 11 is 0. The molecule has 1 heteroatoms. The second-order valence-corrected chi connectivity index (χ2v) is 4.20. The molecule has 0 radical (unpaired) electrons. The van der Waals surface area contributed by atoms with Crippen LogP contribution in [-0.2, 0) is 11.2 Å². The zero-order chi connectivity index (χ0) is 10.6. The van der Waals surface area contributed by atoms with Crippen LogP contribution in [0.2, 0.25) is 0 Å². The topological polar surface area (TPSA) is 17.1 Å². The third-order valence-electron chi connectivity index (χ3n) is 2.34. The summed E-state index contributed by atoms with van der Waals surface area (Å²) in [5, 5.41) is 0. The predicted molar refractivity (Wildman–Crippen MR) is 59.3 cm³/mol. The Morgan fingerprint density at radius 1 is 1.29 bits per heavy atom. The van der Waals surface area contributed by atoms with E-state index in [9.17, 15) is 4.79 Å². The minimum atomic E-state index is 0.282. The minimum absolute atomic E-state index is 0.282. The molecule has 0 saturated carbocycles. The molecule has 1 unspecified atom stereocenters. The van der Waals surface area contributed by atoms with Crippen molar-refractivity contribution in [3.8, 4) is 0 Å². The molecule has 1 aromatic rings. The van der Waals surface area contributed by atoms with E-state index in [0.717, 1.165) is 6.42 Å². The third-order valence-corrected chi connectivity index (χ3v) is 2.34. The van der Waals surface area contributed by atoms with Gasteiger partial charge in [0.15, 0.2) is 0 Å². The zero-order valence-corrected chi connectivity index (χ0v) is 9.21. The lowest BCUT2D eigenvalue weighted by Gasteiger charge is -2.09. The van der Waals surface area contributed by atoms with Crippen molar-refractivity contribution >= 4 is 5.78 Å². The van der Waals surface area contributed by atoms with Crippen LogP contribution in [0.15, 0.2) is 24.3 Å². The lowest BCUT2D eigenvalue weighted by Crippen LogP contribution is -2.04. The van der Waals surface area contributed by atoms with Crippen LogP contribution >= 0.6 is 0 Å². The molecule has 1 nitrogen and oxygen atoms in total. The third kappa shape index (κ3) is 3.73. The Morgan fingerprint density at radius 3 is 2.36 bits per heavy atom. The Hall–Kier alpha value is -1.11. The van der Waals surface area contributed by atoms with Gasteiger partial charge >= 0.3 is 0 Å². The highest BCUT2D eigenvalue weighted by molar-refractivity contribution is 5.75. The standard InChI is InChI=1S/C13H18O/c1-10-4-6-13(7-5-10)9-11(2)8-12(3)14/h4-7,11H,8-9H2,1-3H3. The van der Waals surface area contributed by atoms with E-state index in [4.69, 9.17) is 0 Å². The normalized spacial score (nSPS) is 12.5. The van der Waals surface area contributed by atoms with Gasteiger partial charge in [-0.1, -0.05) is 36.8 Å². The lowest BCUT2D eigenvalue weighted by molar-refractivity contribution is -0.117. The molecule has 0 amide bonds. The average molecular weight is 190 g/mol. The first-order valence-corrected chi connectivity index (χ1v) is 5.13. The summed E-state index contributed by atoms with van der Waals surface area (Å²) in [6.45, 7) is 5.87. The maximum Gasteiger partial charge on any atom is 0.130 e. The molecule has 1 rings (SSSR count). The molecule has 0 aliphatic carbocycles. The summed E-state index contributed by atoms with van der Waals surface area (Å²) in [7, 11) is 0. The highest BCUT2D eigenvalue weighted by atomic mass is 16.1. The van der Waals surface area contributed by atoms with E-state index < -0.39 is 0 Å². The monoisotopic (exact) mass is 190 g/mol. The molecule has 0 spiro atoms. The smallest absolute Gasteiger partial charge is 0.130 e. The fourth-order valence-corrected chi connectivity index (χ4v) is 1.69. The van der Waals surface area contributed by atoms with Crippen LogP contribution in [0.3, 0.4) is 0 Å². The number of Topliss-reactive ketones (excluding diaryl/α,β-unsaturated/α-hetero) is 1. The number of hydrogen-bond acceptors (Lipinski definition) is 1. The van der Waals surface area contributed by atoms with Gasteiger partial charge in [0.2, 0.25) is 0 Å². The quantitative estimate of drug-likeness (QED) is 0.712. The number of carbonyl (C=O) groups excluding carboxylic acids is 1. The molecule has 0 aliphatic heterocycles. The number of aryl methyl sites for hydroxylation is 1. The molecule has 1 atom stereocenters. The summed E-state index contributed by atoms with van der Waals surface area (Å²) in [5.41, 5.74) is 2.61. The molecule has 0 bridgehead atoms. The molecule has 0 fully saturated rings. The Kier molecular flexibility index (Phi) is 3.87. The van der Waals surface area contributed by atoms with Crippen molar-refractivity contribution in [1.82, 2.24) is 0 Å². The number of ketones is 1. The van der Waals surface area contributed by atoms with Gasteiger partial charge in [-0.3, -0.25) is 0 Å². The number of rotatable bonds is 4. The molecular formula is C13H18O. The maximum atomic E-state index is 10.9. The Labute approximate surface area is 86.1 Å². The van der Waals surface area contributed by atoms with Gasteiger partial charge < -0.3 is 4.79 Å². The Bertz CT molecular complexity index is 298. The first kappa shape index (κ1) is 11.0. The summed E-state index contributed by atoms with van der Waals surface area (Å²) in [6, 6.07) is 8.53. The minimum Gasteiger partial charge on any atom is -0.300 e. The molecule has 0 N–H and O–H groups in total. The van der Waals surface area contributed by atoms with Crippen LogP contribution in [0, 0.1) is 12.8 Å². The van der Waals surface area contributed by atoms with E-state index in [2.05, 4.69) is 38.1 Å². The van der Waals surface area contributed by atoms with Crippen LogP contribution in [-0.4, -0.2) is 5.78 Å². The highest BCUT2D eigenvalue weighted by Crippen LogP contribution is 2.12. The second-order valence-electron chi connectivity index (χ2n) is 4.20. The van der Waals surface area contributed by atoms with E-state index in [1.165, 1.54) is 11.1 Å². The van der Waals surface area contributed by atoms with Crippen molar-refractivity contribution in [3.05, 3.63) is 35.4 Å². The highest BCUT2D eigenvalue weighted by Gasteiger charge is 2.05. The van der Waals surface area contributed by atoms with Crippen LogP contribution < -0.4 is 0 Å². The van der Waals surface area contributed by atoms with Crippen molar-refractivity contribution in [2.24, 2.45) is 5.92 Å². The molecule has 0 saturated heterocycles. The summed E-state index contributed by atoms with van der Waals surface area (Å²) in [4.78, 5) is 10.9. The van der Waals surface area contributed by atoms with Crippen LogP contribution in [0.25, 0.3) is 0 Å². The van der Waals surface area contributed by atoms with E-state index in [1.807, 2.05) is 0 Å². The van der Waals surface area contributed by atoms with E-state index in [-0.39, 0.29) is 5.78 Å². The van der Waals surface area contributed by atoms with E-state index in [0.29, 0.717) is 12.3 Å². The molecule has 0 heterocycles.